The Morgan fingerprint density at radius 3 is 2.38 bits per heavy atom. The molecule has 0 bridgehead atoms. The first-order valence-electron chi connectivity index (χ1n) is 5.82. The minimum absolute atomic E-state index is 0.0101. The molecule has 1 saturated heterocycles. The highest BCUT2D eigenvalue weighted by atomic mass is 16.2. The first kappa shape index (κ1) is 13.0. The van der Waals surface area contributed by atoms with Gasteiger partial charge in [-0.25, -0.2) is 0 Å². The van der Waals surface area contributed by atoms with Gasteiger partial charge in [0.2, 0.25) is 11.8 Å². The summed E-state index contributed by atoms with van der Waals surface area (Å²) in [6.45, 7) is 10.2. The second-order valence-corrected chi connectivity index (χ2v) is 5.76. The van der Waals surface area contributed by atoms with Crippen molar-refractivity contribution in [2.45, 2.75) is 53.1 Å². The summed E-state index contributed by atoms with van der Waals surface area (Å²) < 4.78 is 0. The zero-order chi connectivity index (χ0) is 12.5. The van der Waals surface area contributed by atoms with Crippen LogP contribution >= 0.6 is 0 Å². The van der Waals surface area contributed by atoms with Crippen molar-refractivity contribution in [1.29, 1.82) is 0 Å². The van der Waals surface area contributed by atoms with Crippen molar-refractivity contribution in [3.63, 3.8) is 0 Å². The van der Waals surface area contributed by atoms with Gasteiger partial charge in [0.15, 0.2) is 0 Å². The molecule has 1 fully saturated rings. The highest BCUT2D eigenvalue weighted by Gasteiger charge is 2.33. The number of rotatable bonds is 2. The van der Waals surface area contributed by atoms with Crippen LogP contribution in [0.4, 0.5) is 0 Å². The molecule has 0 aromatic rings. The van der Waals surface area contributed by atoms with Gasteiger partial charge in [0.25, 0.3) is 0 Å². The molecular formula is C12H22N2O2. The molecular weight excluding hydrogens is 204 g/mol. The predicted octanol–water partition coefficient (Wildman–Crippen LogP) is 1.16. The number of likely N-dealkylation sites (tertiary alicyclic amines) is 1. The van der Waals surface area contributed by atoms with E-state index < -0.39 is 5.41 Å². The lowest BCUT2D eigenvalue weighted by Crippen LogP contribution is -2.43. The first-order valence-corrected chi connectivity index (χ1v) is 5.82. The molecule has 1 aliphatic heterocycles. The maximum absolute atomic E-state index is 11.8. The summed E-state index contributed by atoms with van der Waals surface area (Å²) in [5.41, 5.74) is -0.395. The van der Waals surface area contributed by atoms with Crippen LogP contribution in [0.2, 0.25) is 0 Å². The highest BCUT2D eigenvalue weighted by molar-refractivity contribution is 5.84. The van der Waals surface area contributed by atoms with E-state index in [4.69, 9.17) is 0 Å². The number of carbonyl (C=O) groups excluding carboxylic acids is 2. The molecule has 4 nitrogen and oxygen atoms in total. The molecule has 0 saturated carbocycles. The normalized spacial score (nSPS) is 21.8. The second kappa shape index (κ2) is 4.44. The fourth-order valence-electron chi connectivity index (χ4n) is 1.73. The van der Waals surface area contributed by atoms with E-state index in [1.807, 2.05) is 39.5 Å². The lowest BCUT2D eigenvalue weighted by atomic mass is 9.95. The Morgan fingerprint density at radius 2 is 2.00 bits per heavy atom. The van der Waals surface area contributed by atoms with Crippen molar-refractivity contribution >= 4 is 11.8 Å². The predicted molar refractivity (Wildman–Crippen MR) is 62.9 cm³/mol. The second-order valence-electron chi connectivity index (χ2n) is 5.76. The minimum atomic E-state index is -0.395. The molecule has 0 aromatic heterocycles. The van der Waals surface area contributed by atoms with Crippen LogP contribution in [-0.2, 0) is 9.59 Å². The van der Waals surface area contributed by atoms with Gasteiger partial charge < -0.3 is 10.2 Å². The van der Waals surface area contributed by atoms with Crippen molar-refractivity contribution in [2.24, 2.45) is 5.41 Å². The molecule has 1 heterocycles. The Hall–Kier alpha value is -1.06. The van der Waals surface area contributed by atoms with E-state index in [-0.39, 0.29) is 23.9 Å². The molecule has 1 aliphatic rings. The Labute approximate surface area is 97.4 Å². The largest absolute Gasteiger partial charge is 0.351 e. The van der Waals surface area contributed by atoms with Crippen molar-refractivity contribution in [3.8, 4) is 0 Å². The summed E-state index contributed by atoms with van der Waals surface area (Å²) in [6.07, 6.45) is 0.431. The summed E-state index contributed by atoms with van der Waals surface area (Å²) in [4.78, 5) is 25.2. The van der Waals surface area contributed by atoms with Gasteiger partial charge in [-0.1, -0.05) is 20.8 Å². The third-order valence-corrected chi connectivity index (χ3v) is 2.80. The third kappa shape index (κ3) is 2.97. The zero-order valence-electron chi connectivity index (χ0n) is 10.8. The molecule has 0 radical (unpaired) electrons. The lowest BCUT2D eigenvalue weighted by molar-refractivity contribution is -0.129. The maximum atomic E-state index is 11.8. The zero-order valence-corrected chi connectivity index (χ0v) is 10.8. The van der Waals surface area contributed by atoms with Crippen LogP contribution in [0, 0.1) is 5.41 Å². The standard InChI is InChI=1S/C12H22N2O2/c1-8(2)14-7-9(6-10(14)15)13-11(16)12(3,4)5/h8-9H,6-7H2,1-5H3,(H,13,16). The molecule has 2 amide bonds. The monoisotopic (exact) mass is 226 g/mol. The Kier molecular flexibility index (Phi) is 3.61. The maximum Gasteiger partial charge on any atom is 0.225 e. The summed E-state index contributed by atoms with van der Waals surface area (Å²) in [5.74, 6) is 0.144. The number of nitrogens with one attached hydrogen (secondary N) is 1. The van der Waals surface area contributed by atoms with E-state index in [0.29, 0.717) is 13.0 Å². The van der Waals surface area contributed by atoms with Gasteiger partial charge in [-0.2, -0.15) is 0 Å². The summed E-state index contributed by atoms with van der Waals surface area (Å²) in [5, 5.41) is 2.93. The van der Waals surface area contributed by atoms with Crippen molar-refractivity contribution in [2.75, 3.05) is 6.54 Å². The Bertz CT molecular complexity index is 292. The van der Waals surface area contributed by atoms with E-state index in [0.717, 1.165) is 0 Å². The fraction of sp³-hybridized carbons (Fsp3) is 0.833. The molecule has 4 heteroatoms. The number of hydrogen-bond acceptors (Lipinski definition) is 2. The summed E-state index contributed by atoms with van der Waals surface area (Å²) in [7, 11) is 0. The van der Waals surface area contributed by atoms with E-state index >= 15 is 0 Å². The SMILES string of the molecule is CC(C)N1CC(NC(=O)C(C)(C)C)CC1=O. The fourth-order valence-corrected chi connectivity index (χ4v) is 1.73. The average Bonchev–Trinajstić information content (AvgIpc) is 2.45. The molecule has 0 spiro atoms. The van der Waals surface area contributed by atoms with Crippen LogP contribution in [0.1, 0.15) is 41.0 Å². The van der Waals surface area contributed by atoms with Crippen LogP contribution in [0.15, 0.2) is 0 Å². The molecule has 0 aromatic carbocycles. The van der Waals surface area contributed by atoms with Gasteiger partial charge in [0.1, 0.15) is 0 Å². The van der Waals surface area contributed by atoms with Gasteiger partial charge >= 0.3 is 0 Å². The molecule has 92 valence electrons. The molecule has 1 rings (SSSR count). The molecule has 1 unspecified atom stereocenters. The van der Waals surface area contributed by atoms with Crippen LogP contribution in [-0.4, -0.2) is 35.3 Å². The van der Waals surface area contributed by atoms with Gasteiger partial charge in [-0.15, -0.1) is 0 Å². The van der Waals surface area contributed by atoms with E-state index in [1.165, 1.54) is 0 Å². The number of hydrogen-bond donors (Lipinski definition) is 1. The van der Waals surface area contributed by atoms with E-state index in [9.17, 15) is 9.59 Å². The van der Waals surface area contributed by atoms with E-state index in [2.05, 4.69) is 5.32 Å². The minimum Gasteiger partial charge on any atom is -0.351 e. The van der Waals surface area contributed by atoms with Gasteiger partial charge in [-0.05, 0) is 13.8 Å². The van der Waals surface area contributed by atoms with Crippen molar-refractivity contribution < 1.29 is 9.59 Å². The molecule has 1 N–H and O–H groups in total. The van der Waals surface area contributed by atoms with Crippen LogP contribution < -0.4 is 5.32 Å². The van der Waals surface area contributed by atoms with Gasteiger partial charge in [-0.3, -0.25) is 9.59 Å². The topological polar surface area (TPSA) is 49.4 Å². The van der Waals surface area contributed by atoms with Crippen LogP contribution in [0.5, 0.6) is 0 Å². The van der Waals surface area contributed by atoms with Crippen molar-refractivity contribution in [3.05, 3.63) is 0 Å². The van der Waals surface area contributed by atoms with Gasteiger partial charge in [0, 0.05) is 24.4 Å². The molecule has 1 atom stereocenters. The van der Waals surface area contributed by atoms with Crippen molar-refractivity contribution in [1.82, 2.24) is 10.2 Å². The van der Waals surface area contributed by atoms with Crippen LogP contribution in [0.25, 0.3) is 0 Å². The third-order valence-electron chi connectivity index (χ3n) is 2.80. The number of amides is 2. The Balaban J connectivity index is 2.54. The van der Waals surface area contributed by atoms with E-state index in [1.54, 1.807) is 0 Å². The Morgan fingerprint density at radius 1 is 1.44 bits per heavy atom. The number of carbonyl (C=O) groups is 2. The van der Waals surface area contributed by atoms with Gasteiger partial charge in [0.05, 0.1) is 6.04 Å². The quantitative estimate of drug-likeness (QED) is 0.768. The molecule has 16 heavy (non-hydrogen) atoms. The average molecular weight is 226 g/mol. The number of nitrogens with zero attached hydrogens (tertiary/aromatic N) is 1. The summed E-state index contributed by atoms with van der Waals surface area (Å²) in [6, 6.07) is 0.186. The summed E-state index contributed by atoms with van der Waals surface area (Å²) >= 11 is 0. The van der Waals surface area contributed by atoms with Crippen LogP contribution in [0.3, 0.4) is 0 Å². The lowest BCUT2D eigenvalue weighted by Gasteiger charge is -2.23. The molecule has 0 aliphatic carbocycles. The smallest absolute Gasteiger partial charge is 0.225 e. The first-order chi connectivity index (χ1) is 7.21. The highest BCUT2D eigenvalue weighted by Crippen LogP contribution is 2.17.